The minimum Gasteiger partial charge on any atom is -0.462 e. The van der Waals surface area contributed by atoms with Gasteiger partial charge in [-0.05, 0) is 36.2 Å². The summed E-state index contributed by atoms with van der Waals surface area (Å²) in [7, 11) is 0. The molecule has 1 amide bonds. The standard InChI is InChI=1S/C13H16N4O3S/c1-3-20-13(19)11-8(2)7-21-12(11)17-6-9(4-10(17)18)5-15-16-14/h7,9H,3-6H2,1-2H3. The summed E-state index contributed by atoms with van der Waals surface area (Å²) in [6, 6.07) is 0. The van der Waals surface area contributed by atoms with Gasteiger partial charge >= 0.3 is 5.97 Å². The van der Waals surface area contributed by atoms with Crippen molar-refractivity contribution in [2.24, 2.45) is 11.0 Å². The Morgan fingerprint density at radius 2 is 2.43 bits per heavy atom. The second-order valence-electron chi connectivity index (χ2n) is 4.81. The third kappa shape index (κ3) is 3.17. The molecular formula is C13H16N4O3S. The average molecular weight is 308 g/mol. The van der Waals surface area contributed by atoms with Gasteiger partial charge < -0.3 is 9.64 Å². The predicted molar refractivity (Wildman–Crippen MR) is 79.5 cm³/mol. The summed E-state index contributed by atoms with van der Waals surface area (Å²) in [6.45, 7) is 4.61. The summed E-state index contributed by atoms with van der Waals surface area (Å²) in [6.07, 6.45) is 0.332. The van der Waals surface area contributed by atoms with Crippen LogP contribution in [0, 0.1) is 12.8 Å². The van der Waals surface area contributed by atoms with Gasteiger partial charge in [0.05, 0.1) is 12.2 Å². The zero-order chi connectivity index (χ0) is 15.4. The second-order valence-corrected chi connectivity index (χ2v) is 5.67. The van der Waals surface area contributed by atoms with Crippen molar-refractivity contribution in [3.63, 3.8) is 0 Å². The summed E-state index contributed by atoms with van der Waals surface area (Å²) in [5.74, 6) is -0.469. The topological polar surface area (TPSA) is 95.4 Å². The number of hydrogen-bond acceptors (Lipinski definition) is 5. The molecule has 1 saturated heterocycles. The van der Waals surface area contributed by atoms with Crippen molar-refractivity contribution in [1.82, 2.24) is 0 Å². The number of esters is 1. The largest absolute Gasteiger partial charge is 0.462 e. The maximum atomic E-state index is 12.1. The van der Waals surface area contributed by atoms with Crippen LogP contribution in [-0.2, 0) is 9.53 Å². The zero-order valence-corrected chi connectivity index (χ0v) is 12.7. The number of aryl methyl sites for hydroxylation is 1. The van der Waals surface area contributed by atoms with E-state index in [1.165, 1.54) is 11.3 Å². The number of nitrogens with zero attached hydrogens (tertiary/aromatic N) is 4. The van der Waals surface area contributed by atoms with Gasteiger partial charge in [-0.25, -0.2) is 4.79 Å². The van der Waals surface area contributed by atoms with Crippen molar-refractivity contribution in [3.8, 4) is 0 Å². The van der Waals surface area contributed by atoms with Gasteiger partial charge in [0.25, 0.3) is 0 Å². The fourth-order valence-electron chi connectivity index (χ4n) is 2.33. The molecule has 1 aromatic heterocycles. The molecule has 7 nitrogen and oxygen atoms in total. The number of anilines is 1. The molecule has 112 valence electrons. The lowest BCUT2D eigenvalue weighted by molar-refractivity contribution is -0.117. The summed E-state index contributed by atoms with van der Waals surface area (Å²) in [4.78, 5) is 28.5. The van der Waals surface area contributed by atoms with E-state index in [2.05, 4.69) is 10.0 Å². The summed E-state index contributed by atoms with van der Waals surface area (Å²) in [5.41, 5.74) is 9.62. The van der Waals surface area contributed by atoms with Crippen molar-refractivity contribution >= 4 is 28.2 Å². The quantitative estimate of drug-likeness (QED) is 0.362. The Morgan fingerprint density at radius 3 is 3.10 bits per heavy atom. The maximum Gasteiger partial charge on any atom is 0.341 e. The fourth-order valence-corrected chi connectivity index (χ4v) is 3.41. The van der Waals surface area contributed by atoms with Gasteiger partial charge in [0.15, 0.2) is 0 Å². The number of carbonyl (C=O) groups is 2. The number of ether oxygens (including phenoxy) is 1. The molecule has 1 atom stereocenters. The molecule has 0 saturated carbocycles. The Bertz CT molecular complexity index is 607. The highest BCUT2D eigenvalue weighted by molar-refractivity contribution is 7.15. The molecule has 0 aliphatic carbocycles. The summed E-state index contributed by atoms with van der Waals surface area (Å²) >= 11 is 1.36. The molecule has 8 heteroatoms. The van der Waals surface area contributed by atoms with Crippen LogP contribution in [0.1, 0.15) is 29.3 Å². The Morgan fingerprint density at radius 1 is 1.67 bits per heavy atom. The van der Waals surface area contributed by atoms with Crippen LogP contribution in [0.5, 0.6) is 0 Å². The first-order valence-corrected chi connectivity index (χ1v) is 7.52. The fraction of sp³-hybridized carbons (Fsp3) is 0.538. The van der Waals surface area contributed by atoms with Crippen LogP contribution in [0.4, 0.5) is 5.00 Å². The van der Waals surface area contributed by atoms with E-state index in [-0.39, 0.29) is 18.4 Å². The van der Waals surface area contributed by atoms with Crippen LogP contribution < -0.4 is 4.90 Å². The first-order valence-electron chi connectivity index (χ1n) is 6.64. The van der Waals surface area contributed by atoms with E-state index in [1.54, 1.807) is 11.8 Å². The normalized spacial score (nSPS) is 17.7. The molecule has 1 unspecified atom stereocenters. The predicted octanol–water partition coefficient (Wildman–Crippen LogP) is 2.90. The molecule has 0 aromatic carbocycles. The van der Waals surface area contributed by atoms with Gasteiger partial charge in [0, 0.05) is 24.4 Å². The van der Waals surface area contributed by atoms with E-state index in [4.69, 9.17) is 10.3 Å². The smallest absolute Gasteiger partial charge is 0.341 e. The van der Waals surface area contributed by atoms with Crippen molar-refractivity contribution in [3.05, 3.63) is 26.9 Å². The molecule has 21 heavy (non-hydrogen) atoms. The van der Waals surface area contributed by atoms with Gasteiger partial charge in [0.1, 0.15) is 5.00 Å². The van der Waals surface area contributed by atoms with Crippen LogP contribution in [0.2, 0.25) is 0 Å². The first kappa shape index (κ1) is 15.3. The lowest BCUT2D eigenvalue weighted by atomic mass is 10.1. The molecule has 0 spiro atoms. The molecule has 1 fully saturated rings. The number of azide groups is 1. The summed E-state index contributed by atoms with van der Waals surface area (Å²) < 4.78 is 5.06. The molecule has 2 rings (SSSR count). The average Bonchev–Trinajstić information content (AvgIpc) is 2.99. The van der Waals surface area contributed by atoms with Crippen LogP contribution in [-0.4, -0.2) is 31.6 Å². The Hall–Kier alpha value is -2.05. The molecular weight excluding hydrogens is 292 g/mol. The van der Waals surface area contributed by atoms with Gasteiger partial charge in [-0.15, -0.1) is 11.3 Å². The van der Waals surface area contributed by atoms with E-state index in [0.29, 0.717) is 30.1 Å². The van der Waals surface area contributed by atoms with Crippen LogP contribution in [0.15, 0.2) is 10.5 Å². The highest BCUT2D eigenvalue weighted by Gasteiger charge is 2.34. The lowest BCUT2D eigenvalue weighted by Crippen LogP contribution is -2.26. The van der Waals surface area contributed by atoms with E-state index >= 15 is 0 Å². The van der Waals surface area contributed by atoms with Gasteiger partial charge in [0.2, 0.25) is 5.91 Å². The van der Waals surface area contributed by atoms with Gasteiger partial charge in [-0.3, -0.25) is 4.79 Å². The van der Waals surface area contributed by atoms with E-state index in [0.717, 1.165) is 5.56 Å². The number of rotatable bonds is 5. The molecule has 0 bridgehead atoms. The van der Waals surface area contributed by atoms with Crippen molar-refractivity contribution in [2.45, 2.75) is 20.3 Å². The highest BCUT2D eigenvalue weighted by Crippen LogP contribution is 2.36. The lowest BCUT2D eigenvalue weighted by Gasteiger charge is -2.16. The van der Waals surface area contributed by atoms with Crippen LogP contribution in [0.25, 0.3) is 10.4 Å². The number of thiophene rings is 1. The first-order chi connectivity index (χ1) is 10.1. The maximum absolute atomic E-state index is 12.1. The Kier molecular flexibility index (Phi) is 4.82. The number of carbonyl (C=O) groups excluding carboxylic acids is 2. The third-order valence-electron chi connectivity index (χ3n) is 3.29. The van der Waals surface area contributed by atoms with Crippen LogP contribution >= 0.6 is 11.3 Å². The van der Waals surface area contributed by atoms with E-state index in [1.807, 2.05) is 12.3 Å². The van der Waals surface area contributed by atoms with Crippen molar-refractivity contribution < 1.29 is 14.3 Å². The van der Waals surface area contributed by atoms with E-state index in [9.17, 15) is 9.59 Å². The number of hydrogen-bond donors (Lipinski definition) is 0. The minimum absolute atomic E-state index is 0.00847. The molecule has 1 aliphatic rings. The molecule has 1 aromatic rings. The van der Waals surface area contributed by atoms with E-state index < -0.39 is 5.97 Å². The molecule has 0 radical (unpaired) electrons. The van der Waals surface area contributed by atoms with Crippen LogP contribution in [0.3, 0.4) is 0 Å². The van der Waals surface area contributed by atoms with Crippen molar-refractivity contribution in [2.75, 3.05) is 24.6 Å². The second kappa shape index (κ2) is 6.60. The number of amides is 1. The van der Waals surface area contributed by atoms with Gasteiger partial charge in [-0.2, -0.15) is 0 Å². The summed E-state index contributed by atoms with van der Waals surface area (Å²) in [5, 5.41) is 5.99. The Labute approximate surface area is 126 Å². The van der Waals surface area contributed by atoms with Gasteiger partial charge in [-0.1, -0.05) is 5.11 Å². The van der Waals surface area contributed by atoms with Crippen molar-refractivity contribution in [1.29, 1.82) is 0 Å². The molecule has 0 N–H and O–H groups in total. The Balaban J connectivity index is 2.24. The zero-order valence-electron chi connectivity index (χ0n) is 11.9. The third-order valence-corrected chi connectivity index (χ3v) is 4.41. The SMILES string of the molecule is CCOC(=O)c1c(C)csc1N1CC(CN=[N+]=[N-])CC1=O. The monoisotopic (exact) mass is 308 g/mol. The molecule has 1 aliphatic heterocycles. The minimum atomic E-state index is -0.405. The molecule has 2 heterocycles. The highest BCUT2D eigenvalue weighted by atomic mass is 32.1.